The second-order valence-electron chi connectivity index (χ2n) is 6.45. The number of allylic oxidation sites excluding steroid dienone is 4. The molecule has 0 radical (unpaired) electrons. The number of ether oxygens (including phenoxy) is 1. The SMILES string of the molecule is C=C/C=C(\C=C/C)Oc1ccc(C(=O)c2nc3ccc(NS(C)(=O)=O)cc3[nH]2)cc1. The van der Waals surface area contributed by atoms with E-state index in [2.05, 4.69) is 21.3 Å². The molecule has 0 fully saturated rings. The van der Waals surface area contributed by atoms with Crippen molar-refractivity contribution in [2.24, 2.45) is 0 Å². The summed E-state index contributed by atoms with van der Waals surface area (Å²) in [7, 11) is -3.40. The first kappa shape index (κ1) is 21.1. The first-order valence-corrected chi connectivity index (χ1v) is 10.9. The second kappa shape index (κ2) is 8.79. The third-order valence-electron chi connectivity index (χ3n) is 3.97. The number of hydrogen-bond acceptors (Lipinski definition) is 5. The molecular weight excluding hydrogens is 402 g/mol. The van der Waals surface area contributed by atoms with Crippen LogP contribution in [0.2, 0.25) is 0 Å². The quantitative estimate of drug-likeness (QED) is 0.321. The molecule has 0 aliphatic carbocycles. The number of carbonyl (C=O) groups excluding carboxylic acids is 1. The highest BCUT2D eigenvalue weighted by Gasteiger charge is 2.15. The third kappa shape index (κ3) is 5.24. The molecule has 0 atom stereocenters. The van der Waals surface area contributed by atoms with E-state index in [1.54, 1.807) is 54.6 Å². The summed E-state index contributed by atoms with van der Waals surface area (Å²) in [6.45, 7) is 5.54. The van der Waals surface area contributed by atoms with E-state index in [-0.39, 0.29) is 11.6 Å². The largest absolute Gasteiger partial charge is 0.457 e. The van der Waals surface area contributed by atoms with Gasteiger partial charge in [-0.25, -0.2) is 13.4 Å². The average molecular weight is 423 g/mol. The topological polar surface area (TPSA) is 101 Å². The van der Waals surface area contributed by atoms with Gasteiger partial charge in [-0.05, 0) is 61.5 Å². The Morgan fingerprint density at radius 3 is 2.57 bits per heavy atom. The highest BCUT2D eigenvalue weighted by atomic mass is 32.2. The van der Waals surface area contributed by atoms with Crippen molar-refractivity contribution in [2.75, 3.05) is 11.0 Å². The summed E-state index contributed by atoms with van der Waals surface area (Å²) in [4.78, 5) is 20.0. The van der Waals surface area contributed by atoms with Crippen LogP contribution in [-0.4, -0.2) is 30.4 Å². The Bertz CT molecular complexity index is 1250. The molecule has 0 spiro atoms. The Morgan fingerprint density at radius 1 is 1.20 bits per heavy atom. The van der Waals surface area contributed by atoms with Crippen molar-refractivity contribution in [3.05, 3.63) is 90.5 Å². The number of rotatable bonds is 8. The van der Waals surface area contributed by atoms with Crippen molar-refractivity contribution in [2.45, 2.75) is 6.92 Å². The lowest BCUT2D eigenvalue weighted by molar-refractivity contribution is 0.103. The molecule has 2 aromatic carbocycles. The maximum Gasteiger partial charge on any atom is 0.229 e. The fraction of sp³-hybridized carbons (Fsp3) is 0.0909. The molecule has 1 heterocycles. The summed E-state index contributed by atoms with van der Waals surface area (Å²) in [5, 5.41) is 0. The molecule has 0 amide bonds. The van der Waals surface area contributed by atoms with E-state index in [9.17, 15) is 13.2 Å². The molecule has 154 valence electrons. The molecule has 0 aliphatic rings. The number of nitrogens with zero attached hydrogens (tertiary/aromatic N) is 1. The molecule has 0 saturated carbocycles. The molecule has 7 nitrogen and oxygen atoms in total. The maximum absolute atomic E-state index is 12.8. The van der Waals surface area contributed by atoms with Crippen LogP contribution in [0.1, 0.15) is 23.1 Å². The zero-order valence-corrected chi connectivity index (χ0v) is 17.4. The highest BCUT2D eigenvalue weighted by Crippen LogP contribution is 2.21. The Hall–Kier alpha value is -3.65. The first-order chi connectivity index (χ1) is 14.3. The van der Waals surface area contributed by atoms with E-state index < -0.39 is 10.0 Å². The van der Waals surface area contributed by atoms with E-state index >= 15 is 0 Å². The van der Waals surface area contributed by atoms with Crippen LogP contribution >= 0.6 is 0 Å². The van der Waals surface area contributed by atoms with Gasteiger partial charge in [0.05, 0.1) is 23.0 Å². The fourth-order valence-corrected chi connectivity index (χ4v) is 3.30. The Morgan fingerprint density at radius 2 is 1.93 bits per heavy atom. The summed E-state index contributed by atoms with van der Waals surface area (Å²) >= 11 is 0. The monoisotopic (exact) mass is 423 g/mol. The number of nitrogens with one attached hydrogen (secondary N) is 2. The number of benzene rings is 2. The van der Waals surface area contributed by atoms with Gasteiger partial charge in [0.25, 0.3) is 0 Å². The Balaban J connectivity index is 1.81. The highest BCUT2D eigenvalue weighted by molar-refractivity contribution is 7.92. The number of anilines is 1. The van der Waals surface area contributed by atoms with Gasteiger partial charge < -0.3 is 9.72 Å². The van der Waals surface area contributed by atoms with Gasteiger partial charge in [0.2, 0.25) is 15.8 Å². The van der Waals surface area contributed by atoms with Crippen LogP contribution in [0.4, 0.5) is 5.69 Å². The van der Waals surface area contributed by atoms with Gasteiger partial charge in [0.1, 0.15) is 11.5 Å². The fourth-order valence-electron chi connectivity index (χ4n) is 2.75. The Kier molecular flexibility index (Phi) is 6.17. The van der Waals surface area contributed by atoms with Crippen molar-refractivity contribution in [3.63, 3.8) is 0 Å². The average Bonchev–Trinajstić information content (AvgIpc) is 3.10. The second-order valence-corrected chi connectivity index (χ2v) is 8.20. The zero-order chi connectivity index (χ0) is 21.7. The lowest BCUT2D eigenvalue weighted by Crippen LogP contribution is -2.09. The number of carbonyl (C=O) groups is 1. The number of hydrogen-bond donors (Lipinski definition) is 2. The smallest absolute Gasteiger partial charge is 0.229 e. The van der Waals surface area contributed by atoms with Gasteiger partial charge in [-0.2, -0.15) is 0 Å². The van der Waals surface area contributed by atoms with E-state index in [0.717, 1.165) is 6.26 Å². The molecule has 3 aromatic rings. The normalized spacial score (nSPS) is 12.3. The number of aromatic nitrogens is 2. The van der Waals surface area contributed by atoms with E-state index in [1.807, 2.05) is 19.1 Å². The van der Waals surface area contributed by atoms with E-state index in [1.165, 1.54) is 0 Å². The minimum Gasteiger partial charge on any atom is -0.457 e. The number of sulfonamides is 1. The third-order valence-corrected chi connectivity index (χ3v) is 4.57. The lowest BCUT2D eigenvalue weighted by Gasteiger charge is -2.06. The van der Waals surface area contributed by atoms with Crippen LogP contribution in [0.3, 0.4) is 0 Å². The van der Waals surface area contributed by atoms with Gasteiger partial charge in [0, 0.05) is 5.56 Å². The summed E-state index contributed by atoms with van der Waals surface area (Å²) in [6, 6.07) is 11.5. The summed E-state index contributed by atoms with van der Waals surface area (Å²) in [6.07, 6.45) is 8.10. The predicted molar refractivity (Wildman–Crippen MR) is 118 cm³/mol. The predicted octanol–water partition coefficient (Wildman–Crippen LogP) is 4.19. The molecule has 1 aromatic heterocycles. The summed E-state index contributed by atoms with van der Waals surface area (Å²) in [5.74, 6) is 1.09. The molecule has 0 unspecified atom stereocenters. The number of H-pyrrole nitrogens is 1. The first-order valence-electron chi connectivity index (χ1n) is 9.04. The van der Waals surface area contributed by atoms with E-state index in [0.29, 0.717) is 33.8 Å². The molecular formula is C22H21N3O4S. The van der Waals surface area contributed by atoms with Crippen molar-refractivity contribution >= 4 is 32.5 Å². The van der Waals surface area contributed by atoms with Crippen molar-refractivity contribution in [1.82, 2.24) is 9.97 Å². The van der Waals surface area contributed by atoms with Gasteiger partial charge >= 0.3 is 0 Å². The molecule has 0 bridgehead atoms. The Labute approximate surface area is 174 Å². The van der Waals surface area contributed by atoms with Crippen LogP contribution in [0.15, 0.2) is 79.1 Å². The maximum atomic E-state index is 12.8. The van der Waals surface area contributed by atoms with Crippen molar-refractivity contribution in [1.29, 1.82) is 0 Å². The van der Waals surface area contributed by atoms with Crippen molar-refractivity contribution < 1.29 is 17.9 Å². The van der Waals surface area contributed by atoms with Crippen molar-refractivity contribution in [3.8, 4) is 5.75 Å². The number of aromatic amines is 1. The van der Waals surface area contributed by atoms with Crippen LogP contribution in [0.5, 0.6) is 5.75 Å². The van der Waals surface area contributed by atoms with Gasteiger partial charge in [-0.1, -0.05) is 18.7 Å². The summed E-state index contributed by atoms with van der Waals surface area (Å²) in [5.41, 5.74) is 1.94. The summed E-state index contributed by atoms with van der Waals surface area (Å²) < 4.78 is 30.9. The minimum atomic E-state index is -3.40. The van der Waals surface area contributed by atoms with Crippen LogP contribution in [-0.2, 0) is 10.0 Å². The number of imidazole rings is 1. The van der Waals surface area contributed by atoms with E-state index in [4.69, 9.17) is 4.74 Å². The number of fused-ring (bicyclic) bond motifs is 1. The lowest BCUT2D eigenvalue weighted by atomic mass is 10.1. The molecule has 3 rings (SSSR count). The van der Waals surface area contributed by atoms with Crippen LogP contribution in [0.25, 0.3) is 11.0 Å². The van der Waals surface area contributed by atoms with Gasteiger partial charge in [-0.3, -0.25) is 9.52 Å². The molecule has 0 aliphatic heterocycles. The van der Waals surface area contributed by atoms with Crippen LogP contribution in [0, 0.1) is 0 Å². The number of ketones is 1. The van der Waals surface area contributed by atoms with Gasteiger partial charge in [0.15, 0.2) is 5.82 Å². The molecule has 0 saturated heterocycles. The molecule has 30 heavy (non-hydrogen) atoms. The van der Waals surface area contributed by atoms with Gasteiger partial charge in [-0.15, -0.1) is 0 Å². The standard InChI is InChI=1S/C22H21N3O4S/c1-4-6-17(7-5-2)29-18-11-8-15(9-12-18)21(26)22-23-19-13-10-16(14-20(19)24-22)25-30(3,27)28/h4-14,25H,1H2,2-3H3,(H,23,24)/b7-5-,17-6+. The molecule has 2 N–H and O–H groups in total. The minimum absolute atomic E-state index is 0.163. The molecule has 8 heteroatoms. The zero-order valence-electron chi connectivity index (χ0n) is 16.5. The van der Waals surface area contributed by atoms with Crippen LogP contribution < -0.4 is 9.46 Å².